The van der Waals surface area contributed by atoms with Gasteiger partial charge in [-0.2, -0.15) is 13.2 Å². The number of amides is 1. The van der Waals surface area contributed by atoms with E-state index in [4.69, 9.17) is 10.5 Å². The number of fused-ring (bicyclic) bond motifs is 1. The van der Waals surface area contributed by atoms with E-state index in [0.717, 1.165) is 17.2 Å². The van der Waals surface area contributed by atoms with Crippen molar-refractivity contribution in [3.63, 3.8) is 0 Å². The second-order valence-electron chi connectivity index (χ2n) is 7.25. The molecule has 4 unspecified atom stereocenters. The highest BCUT2D eigenvalue weighted by atomic mass is 19.4. The Hall–Kier alpha value is -2.55. The molecule has 164 valence electrons. The normalized spacial score (nSPS) is 32.3. The molecule has 2 aliphatic rings. The second kappa shape index (κ2) is 7.01. The number of aliphatic hydroxyl groups is 3. The van der Waals surface area contributed by atoms with E-state index in [9.17, 15) is 33.3 Å². The quantitative estimate of drug-likeness (QED) is 0.466. The Bertz CT molecular complexity index is 970. The van der Waals surface area contributed by atoms with Gasteiger partial charge in [-0.3, -0.25) is 9.36 Å². The van der Waals surface area contributed by atoms with Crippen LogP contribution in [0.2, 0.25) is 0 Å². The molecule has 2 aromatic heterocycles. The van der Waals surface area contributed by atoms with Crippen LogP contribution in [-0.4, -0.2) is 83.9 Å². The van der Waals surface area contributed by atoms with Crippen LogP contribution in [-0.2, 0) is 9.53 Å². The monoisotopic (exact) mass is 432 g/mol. The van der Waals surface area contributed by atoms with E-state index < -0.39 is 48.8 Å². The molecule has 0 aromatic carbocycles. The first kappa shape index (κ1) is 20.7. The third kappa shape index (κ3) is 2.82. The molecule has 0 aliphatic carbocycles. The first-order chi connectivity index (χ1) is 14.1. The highest BCUT2D eigenvalue weighted by Gasteiger charge is 2.70. The Morgan fingerprint density at radius 2 is 2.10 bits per heavy atom. The maximum atomic E-state index is 13.7. The largest absolute Gasteiger partial charge is 0.424 e. The van der Waals surface area contributed by atoms with Gasteiger partial charge in [0, 0.05) is 6.54 Å². The molecule has 14 heteroatoms. The summed E-state index contributed by atoms with van der Waals surface area (Å²) in [6, 6.07) is -0.649. The highest BCUT2D eigenvalue weighted by Crippen LogP contribution is 2.49. The number of anilines is 1. The minimum absolute atomic E-state index is 0.0701. The van der Waals surface area contributed by atoms with Crippen molar-refractivity contribution in [2.24, 2.45) is 5.73 Å². The predicted octanol–water partition coefficient (Wildman–Crippen LogP) is -1.18. The Morgan fingerprint density at radius 1 is 1.37 bits per heavy atom. The number of alkyl halides is 3. The summed E-state index contributed by atoms with van der Waals surface area (Å²) in [4.78, 5) is 25.4. The van der Waals surface area contributed by atoms with Crippen LogP contribution in [0.4, 0.5) is 19.0 Å². The Labute approximate surface area is 166 Å². The summed E-state index contributed by atoms with van der Waals surface area (Å²) in [5.41, 5.74) is 1.66. The first-order valence-corrected chi connectivity index (χ1v) is 9.08. The number of ether oxygens (including phenoxy) is 1. The van der Waals surface area contributed by atoms with E-state index in [2.05, 4.69) is 15.0 Å². The fourth-order valence-electron chi connectivity index (χ4n) is 4.04. The van der Waals surface area contributed by atoms with E-state index in [1.54, 1.807) is 4.90 Å². The molecule has 0 spiro atoms. The maximum absolute atomic E-state index is 13.7. The molecule has 2 aromatic rings. The van der Waals surface area contributed by atoms with Gasteiger partial charge in [0.05, 0.1) is 12.9 Å². The number of carbonyl (C=O) groups excluding carboxylic acids is 1. The molecule has 4 heterocycles. The van der Waals surface area contributed by atoms with E-state index in [1.165, 1.54) is 0 Å². The standard InChI is InChI=1S/C16H19F3N6O5/c17-16(18,19)15(29)10(27)8(4-26)30-14(15)25-6-23-9-12(21-5-22-13(9)25)24-3-1-2-7(24)11(20)28/h5-8,10,14,26-27,29H,1-4H2,(H2,20,28)/t7?,8?,10?,14?,15-/m1/s1. The molecule has 1 amide bonds. The van der Waals surface area contributed by atoms with Gasteiger partial charge in [0.15, 0.2) is 23.2 Å². The van der Waals surface area contributed by atoms with Gasteiger partial charge in [-0.05, 0) is 12.8 Å². The molecule has 11 nitrogen and oxygen atoms in total. The lowest BCUT2D eigenvalue weighted by molar-refractivity contribution is -0.303. The molecule has 30 heavy (non-hydrogen) atoms. The van der Waals surface area contributed by atoms with Crippen molar-refractivity contribution in [1.29, 1.82) is 0 Å². The molecule has 5 N–H and O–H groups in total. The average Bonchev–Trinajstić information content (AvgIpc) is 3.39. The van der Waals surface area contributed by atoms with Gasteiger partial charge in [-0.1, -0.05) is 0 Å². The molecule has 0 saturated carbocycles. The van der Waals surface area contributed by atoms with Crippen LogP contribution in [0, 0.1) is 0 Å². The fourth-order valence-corrected chi connectivity index (χ4v) is 4.04. The zero-order chi connectivity index (χ0) is 21.8. The zero-order valence-corrected chi connectivity index (χ0v) is 15.4. The van der Waals surface area contributed by atoms with Gasteiger partial charge in [-0.15, -0.1) is 0 Å². The Kier molecular flexibility index (Phi) is 4.84. The Morgan fingerprint density at radius 3 is 2.73 bits per heavy atom. The van der Waals surface area contributed by atoms with Crippen molar-refractivity contribution in [2.45, 2.75) is 49.1 Å². The molecule has 2 fully saturated rings. The number of halogens is 3. The summed E-state index contributed by atoms with van der Waals surface area (Å²) >= 11 is 0. The number of carbonyl (C=O) groups is 1. The molecular weight excluding hydrogens is 413 g/mol. The summed E-state index contributed by atoms with van der Waals surface area (Å²) in [5, 5.41) is 29.7. The summed E-state index contributed by atoms with van der Waals surface area (Å²) in [5.74, 6) is -0.369. The van der Waals surface area contributed by atoms with Crippen molar-refractivity contribution in [3.8, 4) is 0 Å². The molecule has 4 rings (SSSR count). The van der Waals surface area contributed by atoms with Gasteiger partial charge < -0.3 is 30.7 Å². The lowest BCUT2D eigenvalue weighted by Crippen LogP contribution is -2.57. The third-order valence-electron chi connectivity index (χ3n) is 5.56. The van der Waals surface area contributed by atoms with Crippen LogP contribution in [0.5, 0.6) is 0 Å². The second-order valence-corrected chi connectivity index (χ2v) is 7.25. The molecule has 5 atom stereocenters. The minimum atomic E-state index is -5.29. The van der Waals surface area contributed by atoms with Crippen LogP contribution in [0.3, 0.4) is 0 Å². The van der Waals surface area contributed by atoms with Gasteiger partial charge in [-0.25, -0.2) is 15.0 Å². The van der Waals surface area contributed by atoms with Crippen molar-refractivity contribution >= 4 is 22.9 Å². The van der Waals surface area contributed by atoms with Crippen molar-refractivity contribution in [3.05, 3.63) is 12.7 Å². The molecule has 0 radical (unpaired) electrons. The third-order valence-corrected chi connectivity index (χ3v) is 5.56. The number of imidazole rings is 1. The summed E-state index contributed by atoms with van der Waals surface area (Å²) in [6.45, 7) is -0.513. The van der Waals surface area contributed by atoms with Crippen LogP contribution in [0.25, 0.3) is 11.2 Å². The molecular formula is C16H19F3N6O5. The van der Waals surface area contributed by atoms with E-state index in [0.29, 0.717) is 19.4 Å². The lowest BCUT2D eigenvalue weighted by Gasteiger charge is -2.33. The number of aliphatic hydroxyl groups excluding tert-OH is 2. The zero-order valence-electron chi connectivity index (χ0n) is 15.4. The lowest BCUT2D eigenvalue weighted by atomic mass is 9.93. The van der Waals surface area contributed by atoms with E-state index >= 15 is 0 Å². The number of aromatic nitrogens is 4. The predicted molar refractivity (Wildman–Crippen MR) is 92.9 cm³/mol. The van der Waals surface area contributed by atoms with Crippen molar-refractivity contribution in [2.75, 3.05) is 18.1 Å². The first-order valence-electron chi connectivity index (χ1n) is 9.08. The average molecular weight is 432 g/mol. The Balaban J connectivity index is 1.82. The van der Waals surface area contributed by atoms with Gasteiger partial charge >= 0.3 is 6.18 Å². The maximum Gasteiger partial charge on any atom is 0.424 e. The van der Waals surface area contributed by atoms with Crippen LogP contribution >= 0.6 is 0 Å². The van der Waals surface area contributed by atoms with Crippen LogP contribution in [0.15, 0.2) is 12.7 Å². The number of hydrogen-bond donors (Lipinski definition) is 4. The summed E-state index contributed by atoms with van der Waals surface area (Å²) < 4.78 is 47.1. The number of rotatable bonds is 4. The number of nitrogens with zero attached hydrogens (tertiary/aromatic N) is 5. The minimum Gasteiger partial charge on any atom is -0.394 e. The molecule has 2 aliphatic heterocycles. The topological polar surface area (TPSA) is 160 Å². The van der Waals surface area contributed by atoms with Crippen LogP contribution in [0.1, 0.15) is 19.1 Å². The van der Waals surface area contributed by atoms with Crippen LogP contribution < -0.4 is 10.6 Å². The number of hydrogen-bond acceptors (Lipinski definition) is 9. The SMILES string of the molecule is NC(=O)C1CCCN1c1ncnc2c1ncn2C1OC(CO)C(O)[C@]1(O)C(F)(F)F. The molecule has 2 saturated heterocycles. The van der Waals surface area contributed by atoms with Gasteiger partial charge in [0.25, 0.3) is 0 Å². The van der Waals surface area contributed by atoms with Gasteiger partial charge in [0.1, 0.15) is 24.6 Å². The van der Waals surface area contributed by atoms with E-state index in [1.807, 2.05) is 0 Å². The van der Waals surface area contributed by atoms with Crippen molar-refractivity contribution in [1.82, 2.24) is 19.5 Å². The van der Waals surface area contributed by atoms with Gasteiger partial charge in [0.2, 0.25) is 11.5 Å². The summed E-state index contributed by atoms with van der Waals surface area (Å²) in [7, 11) is 0. The van der Waals surface area contributed by atoms with E-state index in [-0.39, 0.29) is 17.0 Å². The number of primary amides is 1. The smallest absolute Gasteiger partial charge is 0.394 e. The molecule has 0 bridgehead atoms. The summed E-state index contributed by atoms with van der Waals surface area (Å²) in [6.07, 6.45) is -8.39. The fraction of sp³-hybridized carbons (Fsp3) is 0.625. The highest BCUT2D eigenvalue weighted by molar-refractivity contribution is 5.89. The number of nitrogens with two attached hydrogens (primary N) is 1. The van der Waals surface area contributed by atoms with Crippen molar-refractivity contribution < 1.29 is 38.0 Å².